The van der Waals surface area contributed by atoms with E-state index in [-0.39, 0.29) is 0 Å². The first-order chi connectivity index (χ1) is 4.70. The number of allylic oxidation sites excluding steroid dienone is 3. The third-order valence-electron chi connectivity index (χ3n) is 2.23. The summed E-state index contributed by atoms with van der Waals surface area (Å²) >= 11 is 0. The fourth-order valence-electron chi connectivity index (χ4n) is 1.35. The molecule has 1 atom stereocenters. The molecule has 0 aromatic carbocycles. The molecule has 0 amide bonds. The van der Waals surface area contributed by atoms with E-state index in [0.717, 1.165) is 11.8 Å². The summed E-state index contributed by atoms with van der Waals surface area (Å²) in [6.45, 7) is 8.48. The number of rotatable bonds is 1. The van der Waals surface area contributed by atoms with E-state index in [0.29, 0.717) is 0 Å². The van der Waals surface area contributed by atoms with Crippen LogP contribution in [0.3, 0.4) is 0 Å². The van der Waals surface area contributed by atoms with Gasteiger partial charge >= 0.3 is 0 Å². The first kappa shape index (κ1) is 7.59. The average molecular weight is 136 g/mol. The van der Waals surface area contributed by atoms with Crippen LogP contribution >= 0.6 is 0 Å². The minimum absolute atomic E-state index is 0.796. The van der Waals surface area contributed by atoms with Crippen molar-refractivity contribution in [2.45, 2.75) is 26.7 Å². The maximum atomic E-state index is 3.92. The van der Waals surface area contributed by atoms with Crippen LogP contribution in [0.25, 0.3) is 0 Å². The zero-order valence-corrected chi connectivity index (χ0v) is 6.93. The number of hydrogen-bond donors (Lipinski definition) is 0. The fraction of sp³-hybridized carbons (Fsp3) is 0.600. The van der Waals surface area contributed by atoms with Crippen LogP contribution in [0.1, 0.15) is 26.7 Å². The molecule has 0 N–H and O–H groups in total. The van der Waals surface area contributed by atoms with Crippen LogP contribution < -0.4 is 0 Å². The van der Waals surface area contributed by atoms with E-state index >= 15 is 0 Å². The van der Waals surface area contributed by atoms with E-state index in [9.17, 15) is 0 Å². The molecule has 1 aliphatic rings. The molecule has 0 heterocycles. The lowest BCUT2D eigenvalue weighted by Crippen LogP contribution is -2.08. The lowest BCUT2D eigenvalue weighted by atomic mass is 9.85. The van der Waals surface area contributed by atoms with E-state index < -0.39 is 0 Å². The maximum Gasteiger partial charge on any atom is -0.0204 e. The standard InChI is InChI=1S/C10H16/c1-8(2)10-6-4-9(3)5-7-10/h4,6,8,10H,3,5,7H2,1-2H3/t10-/m1/s1. The van der Waals surface area contributed by atoms with Gasteiger partial charge in [0.2, 0.25) is 0 Å². The van der Waals surface area contributed by atoms with Crippen molar-refractivity contribution in [3.8, 4) is 0 Å². The largest absolute Gasteiger partial charge is 0.0958 e. The normalized spacial score (nSPS) is 25.9. The van der Waals surface area contributed by atoms with Gasteiger partial charge in [-0.1, -0.05) is 38.2 Å². The quantitative estimate of drug-likeness (QED) is 0.519. The van der Waals surface area contributed by atoms with Crippen LogP contribution in [-0.2, 0) is 0 Å². The Hall–Kier alpha value is -0.520. The summed E-state index contributed by atoms with van der Waals surface area (Å²) in [6.07, 6.45) is 6.97. The monoisotopic (exact) mass is 136 g/mol. The first-order valence-electron chi connectivity index (χ1n) is 4.06. The van der Waals surface area contributed by atoms with Crippen molar-refractivity contribution in [1.29, 1.82) is 0 Å². The maximum absolute atomic E-state index is 3.92. The summed E-state index contributed by atoms with van der Waals surface area (Å²) in [5.41, 5.74) is 1.29. The molecule has 0 nitrogen and oxygen atoms in total. The van der Waals surface area contributed by atoms with Gasteiger partial charge in [0, 0.05) is 0 Å². The van der Waals surface area contributed by atoms with E-state index in [1.807, 2.05) is 0 Å². The van der Waals surface area contributed by atoms with Gasteiger partial charge in [0.1, 0.15) is 0 Å². The van der Waals surface area contributed by atoms with Crippen molar-refractivity contribution in [3.05, 3.63) is 24.3 Å². The predicted octanol–water partition coefficient (Wildman–Crippen LogP) is 3.16. The predicted molar refractivity (Wildman–Crippen MR) is 45.8 cm³/mol. The third-order valence-corrected chi connectivity index (χ3v) is 2.23. The van der Waals surface area contributed by atoms with Crippen molar-refractivity contribution in [2.24, 2.45) is 11.8 Å². The topological polar surface area (TPSA) is 0 Å². The Morgan fingerprint density at radius 1 is 1.60 bits per heavy atom. The highest BCUT2D eigenvalue weighted by Crippen LogP contribution is 2.25. The van der Waals surface area contributed by atoms with Crippen molar-refractivity contribution < 1.29 is 0 Å². The van der Waals surface area contributed by atoms with Gasteiger partial charge < -0.3 is 0 Å². The second kappa shape index (κ2) is 3.05. The van der Waals surface area contributed by atoms with Gasteiger partial charge in [0.25, 0.3) is 0 Å². The Kier molecular flexibility index (Phi) is 2.31. The van der Waals surface area contributed by atoms with Crippen molar-refractivity contribution in [3.63, 3.8) is 0 Å². The molecule has 0 heteroatoms. The molecule has 10 heavy (non-hydrogen) atoms. The van der Waals surface area contributed by atoms with Gasteiger partial charge in [0.15, 0.2) is 0 Å². The van der Waals surface area contributed by atoms with Crippen molar-refractivity contribution in [1.82, 2.24) is 0 Å². The molecule has 0 bridgehead atoms. The number of hydrogen-bond acceptors (Lipinski definition) is 0. The molecule has 0 unspecified atom stereocenters. The molecule has 0 aromatic heterocycles. The molecule has 0 fully saturated rings. The lowest BCUT2D eigenvalue weighted by molar-refractivity contribution is 0.429. The molecular weight excluding hydrogens is 120 g/mol. The Bertz CT molecular complexity index is 151. The van der Waals surface area contributed by atoms with Crippen LogP contribution in [-0.4, -0.2) is 0 Å². The van der Waals surface area contributed by atoms with Gasteiger partial charge in [-0.3, -0.25) is 0 Å². The van der Waals surface area contributed by atoms with Crippen LogP contribution in [0.2, 0.25) is 0 Å². The Labute approximate surface area is 63.6 Å². The smallest absolute Gasteiger partial charge is 0.0204 e. The van der Waals surface area contributed by atoms with Gasteiger partial charge in [-0.25, -0.2) is 0 Å². The molecule has 0 aromatic rings. The van der Waals surface area contributed by atoms with Crippen molar-refractivity contribution >= 4 is 0 Å². The molecule has 0 saturated heterocycles. The highest BCUT2D eigenvalue weighted by Gasteiger charge is 2.12. The summed E-state index contributed by atoms with van der Waals surface area (Å²) in [4.78, 5) is 0. The van der Waals surface area contributed by atoms with E-state index in [1.54, 1.807) is 0 Å². The zero-order chi connectivity index (χ0) is 7.56. The van der Waals surface area contributed by atoms with Crippen LogP contribution in [0, 0.1) is 11.8 Å². The second-order valence-electron chi connectivity index (χ2n) is 3.46. The summed E-state index contributed by atoms with van der Waals surface area (Å²) in [5, 5.41) is 0. The third kappa shape index (κ3) is 1.73. The van der Waals surface area contributed by atoms with E-state index in [1.165, 1.54) is 18.4 Å². The SMILES string of the molecule is C=C1C=C[C@@H](C(C)C)CC1. The van der Waals surface area contributed by atoms with Gasteiger partial charge in [0.05, 0.1) is 0 Å². The summed E-state index contributed by atoms with van der Waals surface area (Å²) in [5.74, 6) is 1.59. The highest BCUT2D eigenvalue weighted by atomic mass is 14.2. The zero-order valence-electron chi connectivity index (χ0n) is 6.93. The van der Waals surface area contributed by atoms with Crippen molar-refractivity contribution in [2.75, 3.05) is 0 Å². The minimum Gasteiger partial charge on any atom is -0.0958 e. The molecule has 0 spiro atoms. The Balaban J connectivity index is 2.53. The lowest BCUT2D eigenvalue weighted by Gasteiger charge is -2.20. The fourth-order valence-corrected chi connectivity index (χ4v) is 1.35. The van der Waals surface area contributed by atoms with Gasteiger partial charge in [-0.2, -0.15) is 0 Å². The van der Waals surface area contributed by atoms with Crippen LogP contribution in [0.5, 0.6) is 0 Å². The minimum atomic E-state index is 0.796. The second-order valence-corrected chi connectivity index (χ2v) is 3.46. The van der Waals surface area contributed by atoms with Gasteiger partial charge in [-0.15, -0.1) is 0 Å². The first-order valence-corrected chi connectivity index (χ1v) is 4.06. The molecule has 0 aliphatic heterocycles. The highest BCUT2D eigenvalue weighted by molar-refractivity contribution is 5.19. The van der Waals surface area contributed by atoms with Crippen LogP contribution in [0.4, 0.5) is 0 Å². The van der Waals surface area contributed by atoms with Gasteiger partial charge in [-0.05, 0) is 24.7 Å². The average Bonchev–Trinajstić information content (AvgIpc) is 1.88. The Morgan fingerprint density at radius 2 is 2.30 bits per heavy atom. The van der Waals surface area contributed by atoms with E-state index in [2.05, 4.69) is 32.6 Å². The summed E-state index contributed by atoms with van der Waals surface area (Å²) in [7, 11) is 0. The van der Waals surface area contributed by atoms with E-state index in [4.69, 9.17) is 0 Å². The molecule has 0 radical (unpaired) electrons. The summed E-state index contributed by atoms with van der Waals surface area (Å²) in [6, 6.07) is 0. The molecule has 0 saturated carbocycles. The Morgan fingerprint density at radius 3 is 2.70 bits per heavy atom. The van der Waals surface area contributed by atoms with Crippen LogP contribution in [0.15, 0.2) is 24.3 Å². The summed E-state index contributed by atoms with van der Waals surface area (Å²) < 4.78 is 0. The molecule has 1 aliphatic carbocycles. The molecular formula is C10H16. The molecule has 1 rings (SSSR count). The molecule has 56 valence electrons.